The topological polar surface area (TPSA) is 96.9 Å². The first-order chi connectivity index (χ1) is 10.1. The Balaban J connectivity index is 2.03. The highest BCUT2D eigenvalue weighted by Gasteiger charge is 2.14. The first-order valence-corrected chi connectivity index (χ1v) is 7.49. The summed E-state index contributed by atoms with van der Waals surface area (Å²) in [5.74, 6) is -0.954. The molecule has 21 heavy (non-hydrogen) atoms. The molecule has 1 fully saturated rings. The number of carboxylic acid groups (broad SMARTS) is 1. The van der Waals surface area contributed by atoms with E-state index in [9.17, 15) is 9.59 Å². The molecule has 1 saturated carbocycles. The van der Waals surface area contributed by atoms with Gasteiger partial charge in [0.2, 0.25) is 0 Å². The number of nitrogens with one attached hydrogen (secondary N) is 2. The van der Waals surface area contributed by atoms with E-state index in [1.165, 1.54) is 26.4 Å². The molecular weight excluding hydrogens is 276 g/mol. The number of rotatable bonds is 9. The lowest BCUT2D eigenvalue weighted by molar-refractivity contribution is -0.139. The van der Waals surface area contributed by atoms with Gasteiger partial charge >= 0.3 is 12.0 Å². The molecule has 0 saturated heterocycles. The zero-order valence-corrected chi connectivity index (χ0v) is 12.6. The Morgan fingerprint density at radius 1 is 1.24 bits per heavy atom. The number of carboxylic acids is 1. The van der Waals surface area contributed by atoms with E-state index in [0.717, 1.165) is 12.8 Å². The van der Waals surface area contributed by atoms with Crippen LogP contribution in [0.2, 0.25) is 0 Å². The van der Waals surface area contributed by atoms with Crippen molar-refractivity contribution in [2.45, 2.75) is 50.7 Å². The number of hydrogen-bond donors (Lipinski definition) is 3. The number of carbonyl (C=O) groups is 2. The summed E-state index contributed by atoms with van der Waals surface area (Å²) in [6.07, 6.45) is 5.62. The molecule has 3 N–H and O–H groups in total. The fourth-order valence-corrected chi connectivity index (χ4v) is 2.32. The van der Waals surface area contributed by atoms with Crippen LogP contribution in [-0.2, 0) is 14.3 Å². The predicted molar refractivity (Wildman–Crippen MR) is 77.3 cm³/mol. The molecule has 0 bridgehead atoms. The second-order valence-electron chi connectivity index (χ2n) is 5.22. The van der Waals surface area contributed by atoms with Crippen LogP contribution in [0.3, 0.4) is 0 Å². The summed E-state index contributed by atoms with van der Waals surface area (Å²) in [7, 11) is 1.42. The van der Waals surface area contributed by atoms with Gasteiger partial charge in [0.05, 0.1) is 25.2 Å². The number of urea groups is 1. The van der Waals surface area contributed by atoms with Crippen LogP contribution in [0.15, 0.2) is 0 Å². The van der Waals surface area contributed by atoms with Crippen LogP contribution < -0.4 is 10.6 Å². The molecule has 1 aliphatic rings. The van der Waals surface area contributed by atoms with Crippen LogP contribution in [0, 0.1) is 0 Å². The van der Waals surface area contributed by atoms with Crippen LogP contribution in [-0.4, -0.2) is 56.1 Å². The third kappa shape index (κ3) is 8.52. The van der Waals surface area contributed by atoms with Gasteiger partial charge in [0.1, 0.15) is 0 Å². The average molecular weight is 302 g/mol. The average Bonchev–Trinajstić information content (AvgIpc) is 2.48. The molecule has 0 radical (unpaired) electrons. The lowest BCUT2D eigenvalue weighted by Gasteiger charge is -2.22. The van der Waals surface area contributed by atoms with Gasteiger partial charge in [-0.15, -0.1) is 0 Å². The van der Waals surface area contributed by atoms with Crippen LogP contribution >= 0.6 is 0 Å². The Hall–Kier alpha value is -1.34. The summed E-state index contributed by atoms with van der Waals surface area (Å²) in [6.45, 7) is 1.11. The third-order valence-corrected chi connectivity index (χ3v) is 3.52. The van der Waals surface area contributed by atoms with Crippen molar-refractivity contribution < 1.29 is 24.2 Å². The summed E-state index contributed by atoms with van der Waals surface area (Å²) in [5, 5.41) is 13.9. The van der Waals surface area contributed by atoms with E-state index in [1.54, 1.807) is 0 Å². The Morgan fingerprint density at radius 3 is 2.57 bits per heavy atom. The van der Waals surface area contributed by atoms with E-state index in [-0.39, 0.29) is 19.0 Å². The van der Waals surface area contributed by atoms with Gasteiger partial charge in [-0.3, -0.25) is 4.79 Å². The Morgan fingerprint density at radius 2 is 1.95 bits per heavy atom. The van der Waals surface area contributed by atoms with E-state index < -0.39 is 12.1 Å². The van der Waals surface area contributed by atoms with Crippen molar-refractivity contribution in [1.82, 2.24) is 10.6 Å². The number of carbonyl (C=O) groups excluding carboxylic acids is 1. The standard InChI is InChI=1S/C14H26N2O5/c1-20-12(9-13(17)18)10-16-14(19)15-7-8-21-11-5-3-2-4-6-11/h11-12H,2-10H2,1H3,(H,17,18)(H2,15,16,19). The van der Waals surface area contributed by atoms with E-state index in [2.05, 4.69) is 10.6 Å². The molecule has 0 aromatic carbocycles. The van der Waals surface area contributed by atoms with Crippen molar-refractivity contribution in [3.05, 3.63) is 0 Å². The van der Waals surface area contributed by atoms with Gasteiger partial charge < -0.3 is 25.2 Å². The van der Waals surface area contributed by atoms with E-state index in [1.807, 2.05) is 0 Å². The Bertz CT molecular complexity index is 318. The van der Waals surface area contributed by atoms with Gasteiger partial charge in [0, 0.05) is 20.2 Å². The van der Waals surface area contributed by atoms with Crippen LogP contribution in [0.25, 0.3) is 0 Å². The van der Waals surface area contributed by atoms with Crippen LogP contribution in [0.1, 0.15) is 38.5 Å². The lowest BCUT2D eigenvalue weighted by atomic mass is 9.98. The normalized spacial score (nSPS) is 17.2. The van der Waals surface area contributed by atoms with Gasteiger partial charge in [-0.25, -0.2) is 4.79 Å². The third-order valence-electron chi connectivity index (χ3n) is 3.52. The molecular formula is C14H26N2O5. The van der Waals surface area contributed by atoms with E-state index >= 15 is 0 Å². The Kier molecular flexibility index (Phi) is 8.77. The van der Waals surface area contributed by atoms with Crippen molar-refractivity contribution in [2.75, 3.05) is 26.8 Å². The molecule has 1 atom stereocenters. The van der Waals surface area contributed by atoms with E-state index in [4.69, 9.17) is 14.6 Å². The van der Waals surface area contributed by atoms with Crippen molar-refractivity contribution in [3.63, 3.8) is 0 Å². The maximum atomic E-state index is 11.5. The van der Waals surface area contributed by atoms with Crippen LogP contribution in [0.5, 0.6) is 0 Å². The second-order valence-corrected chi connectivity index (χ2v) is 5.22. The van der Waals surface area contributed by atoms with Crippen molar-refractivity contribution >= 4 is 12.0 Å². The molecule has 1 unspecified atom stereocenters. The molecule has 0 heterocycles. The van der Waals surface area contributed by atoms with Gasteiger partial charge in [-0.1, -0.05) is 19.3 Å². The maximum Gasteiger partial charge on any atom is 0.314 e. The van der Waals surface area contributed by atoms with Crippen molar-refractivity contribution in [3.8, 4) is 0 Å². The molecule has 1 rings (SSSR count). The summed E-state index contributed by atoms with van der Waals surface area (Å²) in [6, 6.07) is -0.338. The maximum absolute atomic E-state index is 11.5. The van der Waals surface area contributed by atoms with Gasteiger partial charge in [0.15, 0.2) is 0 Å². The summed E-state index contributed by atoms with van der Waals surface area (Å²) < 4.78 is 10.7. The quantitative estimate of drug-likeness (QED) is 0.555. The van der Waals surface area contributed by atoms with Gasteiger partial charge in [-0.2, -0.15) is 0 Å². The van der Waals surface area contributed by atoms with Gasteiger partial charge in [0.25, 0.3) is 0 Å². The molecule has 0 aromatic heterocycles. The lowest BCUT2D eigenvalue weighted by Crippen LogP contribution is -2.42. The molecule has 7 nitrogen and oxygen atoms in total. The fraction of sp³-hybridized carbons (Fsp3) is 0.857. The summed E-state index contributed by atoms with van der Waals surface area (Å²) in [4.78, 5) is 22.1. The molecule has 122 valence electrons. The number of amides is 2. The van der Waals surface area contributed by atoms with Crippen LogP contribution in [0.4, 0.5) is 4.79 Å². The largest absolute Gasteiger partial charge is 0.481 e. The zero-order valence-electron chi connectivity index (χ0n) is 12.6. The molecule has 2 amide bonds. The minimum atomic E-state index is -0.954. The molecule has 0 aromatic rings. The predicted octanol–water partition coefficient (Wildman–Crippen LogP) is 1.12. The monoisotopic (exact) mass is 302 g/mol. The number of hydrogen-bond acceptors (Lipinski definition) is 4. The number of ether oxygens (including phenoxy) is 2. The minimum absolute atomic E-state index is 0.137. The zero-order chi connectivity index (χ0) is 15.5. The van der Waals surface area contributed by atoms with Crippen molar-refractivity contribution in [2.24, 2.45) is 0 Å². The molecule has 0 spiro atoms. The highest BCUT2D eigenvalue weighted by atomic mass is 16.5. The summed E-state index contributed by atoms with van der Waals surface area (Å²) >= 11 is 0. The fourth-order valence-electron chi connectivity index (χ4n) is 2.32. The highest BCUT2D eigenvalue weighted by Crippen LogP contribution is 2.19. The van der Waals surface area contributed by atoms with Gasteiger partial charge in [-0.05, 0) is 12.8 Å². The van der Waals surface area contributed by atoms with Crippen molar-refractivity contribution in [1.29, 1.82) is 0 Å². The smallest absolute Gasteiger partial charge is 0.314 e. The SMILES string of the molecule is COC(CNC(=O)NCCOC1CCCCC1)CC(=O)O. The second kappa shape index (κ2) is 10.4. The molecule has 1 aliphatic carbocycles. The first-order valence-electron chi connectivity index (χ1n) is 7.49. The number of methoxy groups -OCH3 is 1. The first kappa shape index (κ1) is 17.7. The molecule has 0 aliphatic heterocycles. The minimum Gasteiger partial charge on any atom is -0.481 e. The number of aliphatic carboxylic acids is 1. The molecule has 7 heteroatoms. The highest BCUT2D eigenvalue weighted by molar-refractivity contribution is 5.74. The van der Waals surface area contributed by atoms with E-state index in [0.29, 0.717) is 19.3 Å². The Labute approximate surface area is 125 Å². The summed E-state index contributed by atoms with van der Waals surface area (Å²) in [5.41, 5.74) is 0.